The van der Waals surface area contributed by atoms with Crippen LogP contribution in [0, 0.1) is 0 Å². The molecule has 1 heterocycles. The largest absolute Gasteiger partial charge is 0.586 e. The second-order valence-corrected chi connectivity index (χ2v) is 3.63. The molecule has 0 saturated carbocycles. The Morgan fingerprint density at radius 3 is 2.75 bits per heavy atom. The van der Waals surface area contributed by atoms with Crippen molar-refractivity contribution in [2.24, 2.45) is 0 Å². The number of nitrogens with one attached hydrogen (secondary N) is 1. The topological polar surface area (TPSA) is 30.5 Å². The minimum Gasteiger partial charge on any atom is -0.395 e. The predicted octanol–water partition coefficient (Wildman–Crippen LogP) is 2.51. The summed E-state index contributed by atoms with van der Waals surface area (Å²) in [5, 5.41) is 3.18. The second-order valence-electron chi connectivity index (χ2n) is 3.63. The summed E-state index contributed by atoms with van der Waals surface area (Å²) in [5.74, 6) is 0.185. The average Bonchev–Trinajstić information content (AvgIpc) is 2.51. The molecule has 16 heavy (non-hydrogen) atoms. The monoisotopic (exact) mass is 229 g/mol. The summed E-state index contributed by atoms with van der Waals surface area (Å²) in [6.07, 6.45) is -2.50. The zero-order chi connectivity index (χ0) is 11.6. The van der Waals surface area contributed by atoms with Gasteiger partial charge < -0.3 is 14.8 Å². The van der Waals surface area contributed by atoms with Gasteiger partial charge >= 0.3 is 6.29 Å². The van der Waals surface area contributed by atoms with E-state index in [4.69, 9.17) is 0 Å². The normalized spacial score (nSPS) is 16.4. The molecular formula is C11H13F2NO2. The molecule has 1 aliphatic rings. The van der Waals surface area contributed by atoms with E-state index in [9.17, 15) is 8.78 Å². The molecule has 5 heteroatoms. The van der Waals surface area contributed by atoms with E-state index in [0.717, 1.165) is 18.5 Å². The van der Waals surface area contributed by atoms with E-state index in [1.165, 1.54) is 6.07 Å². The van der Waals surface area contributed by atoms with Gasteiger partial charge in [0, 0.05) is 6.54 Å². The van der Waals surface area contributed by atoms with Crippen LogP contribution in [0.4, 0.5) is 8.78 Å². The number of benzene rings is 1. The Bertz CT molecular complexity index is 382. The van der Waals surface area contributed by atoms with Crippen molar-refractivity contribution < 1.29 is 18.3 Å². The van der Waals surface area contributed by atoms with Crippen LogP contribution in [0.5, 0.6) is 11.5 Å². The third kappa shape index (κ3) is 2.41. The summed E-state index contributed by atoms with van der Waals surface area (Å²) in [6, 6.07) is 4.81. The molecule has 0 spiro atoms. The van der Waals surface area contributed by atoms with E-state index in [1.54, 1.807) is 12.1 Å². The number of fused-ring (bicyclic) bond motifs is 1. The highest BCUT2D eigenvalue weighted by Crippen LogP contribution is 2.41. The maximum atomic E-state index is 12.7. The quantitative estimate of drug-likeness (QED) is 0.805. The van der Waals surface area contributed by atoms with Gasteiger partial charge in [-0.15, -0.1) is 8.78 Å². The predicted molar refractivity (Wildman–Crippen MR) is 54.6 cm³/mol. The van der Waals surface area contributed by atoms with Crippen LogP contribution in [0.3, 0.4) is 0 Å². The molecule has 0 amide bonds. The lowest BCUT2D eigenvalue weighted by atomic mass is 10.2. The molecule has 0 unspecified atom stereocenters. The molecule has 0 radical (unpaired) electrons. The number of rotatable bonds is 4. The lowest BCUT2D eigenvalue weighted by Crippen LogP contribution is -2.25. The van der Waals surface area contributed by atoms with Crippen LogP contribution in [0.15, 0.2) is 18.2 Å². The highest BCUT2D eigenvalue weighted by molar-refractivity contribution is 5.45. The summed E-state index contributed by atoms with van der Waals surface area (Å²) >= 11 is 0. The maximum Gasteiger partial charge on any atom is 0.586 e. The third-order valence-corrected chi connectivity index (χ3v) is 2.22. The lowest BCUT2D eigenvalue weighted by molar-refractivity contribution is -0.286. The van der Waals surface area contributed by atoms with E-state index in [2.05, 4.69) is 21.7 Å². The van der Waals surface area contributed by atoms with E-state index < -0.39 is 6.29 Å². The summed E-state index contributed by atoms with van der Waals surface area (Å²) in [5.41, 5.74) is 0.897. The van der Waals surface area contributed by atoms with Crippen molar-refractivity contribution in [3.05, 3.63) is 23.8 Å². The fourth-order valence-electron chi connectivity index (χ4n) is 1.51. The van der Waals surface area contributed by atoms with Gasteiger partial charge in [-0.05, 0) is 30.7 Å². The molecule has 1 aromatic rings. The minimum absolute atomic E-state index is 0.0873. The Morgan fingerprint density at radius 2 is 2.00 bits per heavy atom. The Morgan fingerprint density at radius 1 is 1.25 bits per heavy atom. The Kier molecular flexibility index (Phi) is 2.96. The van der Waals surface area contributed by atoms with E-state index in [0.29, 0.717) is 6.54 Å². The van der Waals surface area contributed by atoms with Gasteiger partial charge in [-0.1, -0.05) is 13.0 Å². The smallest absolute Gasteiger partial charge is 0.395 e. The van der Waals surface area contributed by atoms with E-state index >= 15 is 0 Å². The molecule has 0 atom stereocenters. The fourth-order valence-corrected chi connectivity index (χ4v) is 1.51. The van der Waals surface area contributed by atoms with Crippen molar-refractivity contribution >= 4 is 0 Å². The molecule has 88 valence electrons. The highest BCUT2D eigenvalue weighted by Gasteiger charge is 2.43. The standard InChI is InChI=1S/C11H13F2NO2/c1-2-5-14-7-8-3-4-9-10(6-8)16-11(12,13)15-9/h3-4,6,14H,2,5,7H2,1H3. The molecular weight excluding hydrogens is 216 g/mol. The van der Waals surface area contributed by atoms with Gasteiger partial charge in [-0.2, -0.15) is 0 Å². The van der Waals surface area contributed by atoms with Gasteiger partial charge in [0.2, 0.25) is 0 Å². The van der Waals surface area contributed by atoms with Crippen molar-refractivity contribution in [3.8, 4) is 11.5 Å². The maximum absolute atomic E-state index is 12.7. The first-order chi connectivity index (χ1) is 7.61. The van der Waals surface area contributed by atoms with Gasteiger partial charge in [-0.3, -0.25) is 0 Å². The SMILES string of the molecule is CCCNCc1ccc2c(c1)OC(F)(F)O2. The van der Waals surface area contributed by atoms with Crippen LogP contribution < -0.4 is 14.8 Å². The van der Waals surface area contributed by atoms with Gasteiger partial charge in [0.05, 0.1) is 0 Å². The van der Waals surface area contributed by atoms with E-state index in [1.807, 2.05) is 0 Å². The Hall–Kier alpha value is -1.36. The van der Waals surface area contributed by atoms with Crippen molar-refractivity contribution in [1.82, 2.24) is 5.32 Å². The molecule has 1 N–H and O–H groups in total. The average molecular weight is 229 g/mol. The third-order valence-electron chi connectivity index (χ3n) is 2.22. The van der Waals surface area contributed by atoms with Crippen molar-refractivity contribution in [3.63, 3.8) is 0 Å². The van der Waals surface area contributed by atoms with Crippen LogP contribution in [0.2, 0.25) is 0 Å². The van der Waals surface area contributed by atoms with Gasteiger partial charge in [0.25, 0.3) is 0 Å². The Balaban J connectivity index is 2.04. The van der Waals surface area contributed by atoms with Crippen LogP contribution >= 0.6 is 0 Å². The zero-order valence-electron chi connectivity index (χ0n) is 8.93. The molecule has 2 rings (SSSR count). The first-order valence-electron chi connectivity index (χ1n) is 5.20. The molecule has 3 nitrogen and oxygen atoms in total. The van der Waals surface area contributed by atoms with Crippen molar-refractivity contribution in [2.75, 3.05) is 6.54 Å². The Labute approximate surface area is 92.4 Å². The second kappa shape index (κ2) is 4.25. The molecule has 1 aromatic carbocycles. The molecule has 0 fully saturated rings. The fraction of sp³-hybridized carbons (Fsp3) is 0.455. The lowest BCUT2D eigenvalue weighted by Gasteiger charge is -2.04. The molecule has 1 aliphatic heterocycles. The van der Waals surface area contributed by atoms with Crippen LogP contribution in [-0.2, 0) is 6.54 Å². The number of halogens is 2. The molecule has 0 aromatic heterocycles. The zero-order valence-corrected chi connectivity index (χ0v) is 8.93. The number of hydrogen-bond acceptors (Lipinski definition) is 3. The molecule has 0 saturated heterocycles. The summed E-state index contributed by atoms with van der Waals surface area (Å²) < 4.78 is 34.1. The van der Waals surface area contributed by atoms with E-state index in [-0.39, 0.29) is 11.5 Å². The van der Waals surface area contributed by atoms with Crippen LogP contribution in [-0.4, -0.2) is 12.8 Å². The van der Waals surface area contributed by atoms with Gasteiger partial charge in [0.15, 0.2) is 11.5 Å². The minimum atomic E-state index is -3.53. The van der Waals surface area contributed by atoms with Gasteiger partial charge in [0.1, 0.15) is 0 Å². The number of ether oxygens (including phenoxy) is 2. The van der Waals surface area contributed by atoms with Gasteiger partial charge in [-0.25, -0.2) is 0 Å². The van der Waals surface area contributed by atoms with Crippen molar-refractivity contribution in [2.45, 2.75) is 26.2 Å². The highest BCUT2D eigenvalue weighted by atomic mass is 19.3. The molecule has 0 bridgehead atoms. The summed E-state index contributed by atoms with van der Waals surface area (Å²) in [7, 11) is 0. The first kappa shape index (κ1) is 11.1. The number of alkyl halides is 2. The van der Waals surface area contributed by atoms with Crippen molar-refractivity contribution in [1.29, 1.82) is 0 Å². The summed E-state index contributed by atoms with van der Waals surface area (Å²) in [6.45, 7) is 3.59. The first-order valence-corrected chi connectivity index (χ1v) is 5.20. The van der Waals surface area contributed by atoms with Crippen LogP contribution in [0.1, 0.15) is 18.9 Å². The molecule has 0 aliphatic carbocycles. The summed E-state index contributed by atoms with van der Waals surface area (Å²) in [4.78, 5) is 0. The van der Waals surface area contributed by atoms with Crippen LogP contribution in [0.25, 0.3) is 0 Å². The number of hydrogen-bond donors (Lipinski definition) is 1.